The lowest BCUT2D eigenvalue weighted by molar-refractivity contribution is 0.191. The first-order chi connectivity index (χ1) is 14.8. The van der Waals surface area contributed by atoms with Crippen molar-refractivity contribution in [2.75, 3.05) is 32.0 Å². The number of hydrogen-bond acceptors (Lipinski definition) is 5. The lowest BCUT2D eigenvalue weighted by Gasteiger charge is -2.37. The highest BCUT2D eigenvalue weighted by Crippen LogP contribution is 2.33. The second-order valence-corrected chi connectivity index (χ2v) is 9.29. The first kappa shape index (κ1) is 20.0. The highest BCUT2D eigenvalue weighted by molar-refractivity contribution is 5.56. The van der Waals surface area contributed by atoms with E-state index in [1.165, 1.54) is 60.2 Å². The molecule has 0 bridgehead atoms. The van der Waals surface area contributed by atoms with Gasteiger partial charge in [0.1, 0.15) is 0 Å². The molecule has 0 spiro atoms. The van der Waals surface area contributed by atoms with Gasteiger partial charge < -0.3 is 16.0 Å². The molecule has 30 heavy (non-hydrogen) atoms. The van der Waals surface area contributed by atoms with Gasteiger partial charge in [-0.3, -0.25) is 9.88 Å². The summed E-state index contributed by atoms with van der Waals surface area (Å²) < 4.78 is 0. The average Bonchev–Trinajstić information content (AvgIpc) is 2.80. The number of nitrogens with one attached hydrogen (secondary N) is 3. The summed E-state index contributed by atoms with van der Waals surface area (Å²) >= 11 is 0. The van der Waals surface area contributed by atoms with Gasteiger partial charge in [-0.25, -0.2) is 0 Å². The third kappa shape index (κ3) is 4.25. The standard InChI is InChI=1S/C25H35N5/c1-30(24-9-3-5-18-7-4-12-27-25(18)24)17-21-15-22-19(16-28-21)6-2-8-23(22)29-20-10-13-26-14-11-20/h2,4,6-8,12,20-21,24,26,28-29H,3,5,9-11,13-17H2,1H3/t21-,24-/m0/s1. The van der Waals surface area contributed by atoms with Crippen LogP contribution in [0.3, 0.4) is 0 Å². The van der Waals surface area contributed by atoms with Gasteiger partial charge in [-0.05, 0) is 87.5 Å². The van der Waals surface area contributed by atoms with Crippen molar-refractivity contribution in [2.24, 2.45) is 0 Å². The summed E-state index contributed by atoms with van der Waals surface area (Å²) in [6.45, 7) is 4.27. The fourth-order valence-electron chi connectivity index (χ4n) is 5.55. The van der Waals surface area contributed by atoms with Crippen LogP contribution in [0.2, 0.25) is 0 Å². The van der Waals surface area contributed by atoms with Crippen LogP contribution in [-0.2, 0) is 19.4 Å². The molecule has 1 saturated heterocycles. The number of nitrogens with zero attached hydrogens (tertiary/aromatic N) is 2. The molecule has 1 aromatic heterocycles. The van der Waals surface area contributed by atoms with Crippen LogP contribution in [0.1, 0.15) is 54.1 Å². The van der Waals surface area contributed by atoms with E-state index in [1.807, 2.05) is 6.20 Å². The van der Waals surface area contributed by atoms with Gasteiger partial charge in [-0.15, -0.1) is 0 Å². The SMILES string of the molecule is CN(C[C@@H]1Cc2c(cccc2NC2CCNCC2)CN1)[C@H]1CCCc2cccnc21. The van der Waals surface area contributed by atoms with Crippen LogP contribution in [0.25, 0.3) is 0 Å². The summed E-state index contributed by atoms with van der Waals surface area (Å²) in [5, 5.41) is 11.1. The van der Waals surface area contributed by atoms with Crippen LogP contribution in [0.5, 0.6) is 0 Å². The van der Waals surface area contributed by atoms with Crippen LogP contribution in [0, 0.1) is 0 Å². The minimum Gasteiger partial charge on any atom is -0.382 e. The van der Waals surface area contributed by atoms with E-state index in [0.717, 1.165) is 32.6 Å². The van der Waals surface area contributed by atoms with Crippen LogP contribution in [0.4, 0.5) is 5.69 Å². The average molecular weight is 406 g/mol. The summed E-state index contributed by atoms with van der Waals surface area (Å²) in [6, 6.07) is 12.6. The van der Waals surface area contributed by atoms with Crippen molar-refractivity contribution in [1.82, 2.24) is 20.5 Å². The van der Waals surface area contributed by atoms with Crippen molar-refractivity contribution in [2.45, 2.75) is 63.2 Å². The zero-order valence-electron chi connectivity index (χ0n) is 18.2. The maximum atomic E-state index is 4.75. The van der Waals surface area contributed by atoms with Crippen molar-refractivity contribution >= 4 is 5.69 Å². The quantitative estimate of drug-likeness (QED) is 0.713. The number of fused-ring (bicyclic) bond motifs is 2. The first-order valence-electron chi connectivity index (χ1n) is 11.7. The minimum atomic E-state index is 0.446. The van der Waals surface area contributed by atoms with E-state index >= 15 is 0 Å². The summed E-state index contributed by atoms with van der Waals surface area (Å²) in [5.74, 6) is 0. The third-order valence-electron chi connectivity index (χ3n) is 7.21. The molecule has 5 heteroatoms. The van der Waals surface area contributed by atoms with Gasteiger partial charge in [0.15, 0.2) is 0 Å². The topological polar surface area (TPSA) is 52.2 Å². The molecule has 0 unspecified atom stereocenters. The Bertz CT molecular complexity index is 860. The predicted molar refractivity (Wildman–Crippen MR) is 123 cm³/mol. The Morgan fingerprint density at radius 3 is 2.87 bits per heavy atom. The molecule has 0 amide bonds. The second-order valence-electron chi connectivity index (χ2n) is 9.29. The molecule has 1 aliphatic carbocycles. The molecule has 1 aromatic carbocycles. The number of aromatic nitrogens is 1. The van der Waals surface area contributed by atoms with Crippen molar-refractivity contribution in [1.29, 1.82) is 0 Å². The van der Waals surface area contributed by atoms with Gasteiger partial charge >= 0.3 is 0 Å². The zero-order chi connectivity index (χ0) is 20.3. The van der Waals surface area contributed by atoms with Crippen LogP contribution in [0.15, 0.2) is 36.5 Å². The number of anilines is 1. The van der Waals surface area contributed by atoms with E-state index in [2.05, 4.69) is 58.2 Å². The molecule has 2 aromatic rings. The molecule has 2 atom stereocenters. The van der Waals surface area contributed by atoms with E-state index in [1.54, 1.807) is 0 Å². The van der Waals surface area contributed by atoms with E-state index in [0.29, 0.717) is 18.1 Å². The summed E-state index contributed by atoms with van der Waals surface area (Å²) in [6.07, 6.45) is 9.12. The molecule has 0 saturated carbocycles. The van der Waals surface area contributed by atoms with Crippen molar-refractivity contribution in [3.63, 3.8) is 0 Å². The normalized spacial score (nSPS) is 24.3. The van der Waals surface area contributed by atoms with Crippen molar-refractivity contribution in [3.8, 4) is 0 Å². The Morgan fingerprint density at radius 2 is 1.97 bits per heavy atom. The monoisotopic (exact) mass is 405 g/mol. The largest absolute Gasteiger partial charge is 0.382 e. The fraction of sp³-hybridized carbons (Fsp3) is 0.560. The number of rotatable bonds is 5. The minimum absolute atomic E-state index is 0.446. The Hall–Kier alpha value is -1.95. The maximum absolute atomic E-state index is 4.75. The number of benzene rings is 1. The zero-order valence-corrected chi connectivity index (χ0v) is 18.2. The fourth-order valence-corrected chi connectivity index (χ4v) is 5.55. The number of likely N-dealkylation sites (N-methyl/N-ethyl adjacent to an activating group) is 1. The molecule has 5 nitrogen and oxygen atoms in total. The molecule has 5 rings (SSSR count). The van der Waals surface area contributed by atoms with Crippen LogP contribution < -0.4 is 16.0 Å². The highest BCUT2D eigenvalue weighted by Gasteiger charge is 2.28. The summed E-state index contributed by atoms with van der Waals surface area (Å²) in [4.78, 5) is 7.29. The van der Waals surface area contributed by atoms with Crippen LogP contribution in [-0.4, -0.2) is 48.6 Å². The number of aryl methyl sites for hydroxylation is 1. The summed E-state index contributed by atoms with van der Waals surface area (Å²) in [7, 11) is 2.28. The van der Waals surface area contributed by atoms with Gasteiger partial charge in [0.05, 0.1) is 11.7 Å². The lowest BCUT2D eigenvalue weighted by Crippen LogP contribution is -2.45. The molecule has 3 N–H and O–H groups in total. The lowest BCUT2D eigenvalue weighted by atomic mass is 9.89. The molecule has 160 valence electrons. The van der Waals surface area contributed by atoms with Crippen LogP contribution >= 0.6 is 0 Å². The molecular weight excluding hydrogens is 370 g/mol. The van der Waals surface area contributed by atoms with E-state index in [9.17, 15) is 0 Å². The third-order valence-corrected chi connectivity index (χ3v) is 7.21. The smallest absolute Gasteiger partial charge is 0.0607 e. The Balaban J connectivity index is 1.28. The van der Waals surface area contributed by atoms with Crippen molar-refractivity contribution < 1.29 is 0 Å². The Kier molecular flexibility index (Phi) is 6.02. The Morgan fingerprint density at radius 1 is 1.10 bits per heavy atom. The van der Waals surface area contributed by atoms with Gasteiger partial charge in [-0.2, -0.15) is 0 Å². The molecule has 3 heterocycles. The number of pyridine rings is 1. The molecular formula is C25H35N5. The van der Waals surface area contributed by atoms with Gasteiger partial charge in [0.2, 0.25) is 0 Å². The van der Waals surface area contributed by atoms with Gasteiger partial charge in [0, 0.05) is 37.1 Å². The Labute approximate surface area is 180 Å². The second kappa shape index (κ2) is 9.04. The van der Waals surface area contributed by atoms with E-state index < -0.39 is 0 Å². The molecule has 2 aliphatic heterocycles. The number of piperidine rings is 1. The number of hydrogen-bond donors (Lipinski definition) is 3. The summed E-state index contributed by atoms with van der Waals surface area (Å²) in [5.41, 5.74) is 7.08. The van der Waals surface area contributed by atoms with Gasteiger partial charge in [-0.1, -0.05) is 18.2 Å². The first-order valence-corrected chi connectivity index (χ1v) is 11.7. The molecule has 0 radical (unpaired) electrons. The van der Waals surface area contributed by atoms with E-state index in [-0.39, 0.29) is 0 Å². The van der Waals surface area contributed by atoms with Crippen molar-refractivity contribution in [3.05, 3.63) is 58.9 Å². The van der Waals surface area contributed by atoms with E-state index in [4.69, 9.17) is 4.98 Å². The predicted octanol–water partition coefficient (Wildman–Crippen LogP) is 3.27. The molecule has 3 aliphatic rings. The van der Waals surface area contributed by atoms with Gasteiger partial charge in [0.25, 0.3) is 0 Å². The maximum Gasteiger partial charge on any atom is 0.0607 e. The highest BCUT2D eigenvalue weighted by atomic mass is 15.2. The molecule has 1 fully saturated rings.